The third kappa shape index (κ3) is 5.88. The minimum Gasteiger partial charge on any atom is -0.444 e. The lowest BCUT2D eigenvalue weighted by molar-refractivity contribution is -0.108. The Morgan fingerprint density at radius 3 is 2.25 bits per heavy atom. The van der Waals surface area contributed by atoms with E-state index in [1.165, 1.54) is 0 Å². The van der Waals surface area contributed by atoms with Crippen LogP contribution in [0.2, 0.25) is 18.1 Å². The summed E-state index contributed by atoms with van der Waals surface area (Å²) in [5.74, 6) is 0. The highest BCUT2D eigenvalue weighted by atomic mass is 28.4. The summed E-state index contributed by atoms with van der Waals surface area (Å²) in [5, 5.41) is 0.130. The zero-order valence-electron chi connectivity index (χ0n) is 16.6. The lowest BCUT2D eigenvalue weighted by atomic mass is 10.1. The average Bonchev–Trinajstić information content (AvgIpc) is 2.75. The molecule has 1 saturated heterocycles. The molecule has 1 aliphatic rings. The van der Waals surface area contributed by atoms with E-state index in [1.807, 2.05) is 20.8 Å². The fraction of sp³-hybridized carbons (Fsp3) is 0.889. The second-order valence-electron chi connectivity index (χ2n) is 9.27. The molecule has 0 aromatic carbocycles. The molecule has 5 nitrogen and oxygen atoms in total. The number of amides is 1. The molecule has 0 aromatic rings. The Labute approximate surface area is 148 Å². The summed E-state index contributed by atoms with van der Waals surface area (Å²) in [5.41, 5.74) is -0.523. The van der Waals surface area contributed by atoms with Gasteiger partial charge < -0.3 is 18.9 Å². The third-order valence-electron chi connectivity index (χ3n) is 4.89. The molecule has 0 radical (unpaired) electrons. The molecule has 0 aromatic heterocycles. The maximum Gasteiger partial charge on any atom is 0.410 e. The first-order chi connectivity index (χ1) is 10.8. The maximum absolute atomic E-state index is 12.5. The van der Waals surface area contributed by atoms with Crippen LogP contribution in [-0.2, 0) is 14.0 Å². The largest absolute Gasteiger partial charge is 0.444 e. The topological polar surface area (TPSA) is 55.8 Å². The van der Waals surface area contributed by atoms with Crippen molar-refractivity contribution in [3.05, 3.63) is 0 Å². The highest BCUT2D eigenvalue weighted by molar-refractivity contribution is 6.74. The summed E-state index contributed by atoms with van der Waals surface area (Å²) in [7, 11) is -1.89. The summed E-state index contributed by atoms with van der Waals surface area (Å²) in [4.78, 5) is 25.0. The second kappa shape index (κ2) is 7.56. The van der Waals surface area contributed by atoms with Gasteiger partial charge in [-0.2, -0.15) is 0 Å². The van der Waals surface area contributed by atoms with E-state index in [4.69, 9.17) is 9.16 Å². The predicted molar refractivity (Wildman–Crippen MR) is 98.7 cm³/mol. The molecule has 2 atom stereocenters. The van der Waals surface area contributed by atoms with Crippen LogP contribution in [-0.4, -0.2) is 49.9 Å². The van der Waals surface area contributed by atoms with Crippen molar-refractivity contribution in [3.63, 3.8) is 0 Å². The Morgan fingerprint density at radius 1 is 1.21 bits per heavy atom. The van der Waals surface area contributed by atoms with Gasteiger partial charge in [0.05, 0.1) is 6.10 Å². The van der Waals surface area contributed by atoms with Crippen molar-refractivity contribution in [1.29, 1.82) is 0 Å². The highest BCUT2D eigenvalue weighted by Gasteiger charge is 2.44. The van der Waals surface area contributed by atoms with Crippen molar-refractivity contribution in [1.82, 2.24) is 4.90 Å². The molecule has 0 bridgehead atoms. The predicted octanol–water partition coefficient (Wildman–Crippen LogP) is 4.37. The molecular weight excluding hydrogens is 322 g/mol. The summed E-state index contributed by atoms with van der Waals surface area (Å²) >= 11 is 0. The number of likely N-dealkylation sites (tertiary alicyclic amines) is 1. The van der Waals surface area contributed by atoms with E-state index in [2.05, 4.69) is 33.9 Å². The van der Waals surface area contributed by atoms with Gasteiger partial charge in [0.15, 0.2) is 8.32 Å². The summed E-state index contributed by atoms with van der Waals surface area (Å²) < 4.78 is 12.0. The van der Waals surface area contributed by atoms with Crippen LogP contribution >= 0.6 is 0 Å². The van der Waals surface area contributed by atoms with E-state index in [-0.39, 0.29) is 23.3 Å². The lowest BCUT2D eigenvalue weighted by Crippen LogP contribution is -2.45. The number of carbonyl (C=O) groups is 2. The minimum absolute atomic E-state index is 0.0137. The number of aldehydes is 1. The van der Waals surface area contributed by atoms with Crippen LogP contribution in [0.15, 0.2) is 0 Å². The fourth-order valence-electron chi connectivity index (χ4n) is 2.63. The van der Waals surface area contributed by atoms with E-state index >= 15 is 0 Å². The zero-order chi connectivity index (χ0) is 18.8. The quantitative estimate of drug-likeness (QED) is 0.542. The molecule has 0 N–H and O–H groups in total. The van der Waals surface area contributed by atoms with Crippen LogP contribution in [0.25, 0.3) is 0 Å². The Morgan fingerprint density at radius 2 is 1.79 bits per heavy atom. The number of ether oxygens (including phenoxy) is 1. The van der Waals surface area contributed by atoms with E-state index in [0.29, 0.717) is 19.4 Å². The molecule has 24 heavy (non-hydrogen) atoms. The molecule has 0 spiro atoms. The van der Waals surface area contributed by atoms with Gasteiger partial charge in [-0.3, -0.25) is 0 Å². The van der Waals surface area contributed by atoms with Crippen molar-refractivity contribution in [2.45, 2.75) is 96.7 Å². The molecule has 1 heterocycles. The summed E-state index contributed by atoms with van der Waals surface area (Å²) in [6.45, 7) is 17.2. The summed E-state index contributed by atoms with van der Waals surface area (Å²) in [6.07, 6.45) is 2.53. The highest BCUT2D eigenvalue weighted by Crippen LogP contribution is 2.39. The van der Waals surface area contributed by atoms with Crippen molar-refractivity contribution >= 4 is 20.7 Å². The van der Waals surface area contributed by atoms with Gasteiger partial charge in [-0.15, -0.1) is 0 Å². The maximum atomic E-state index is 12.5. The SMILES string of the molecule is CC(C)(C)OC(=O)N1C[C@H](O[Si](C)(C)C(C)(C)C)C[C@@H]1CCC=O. The first kappa shape index (κ1) is 21.2. The van der Waals surface area contributed by atoms with Gasteiger partial charge in [-0.25, -0.2) is 4.79 Å². The molecule has 6 heteroatoms. The van der Waals surface area contributed by atoms with Crippen LogP contribution in [0.5, 0.6) is 0 Å². The Hall–Kier alpha value is -0.883. The number of hydrogen-bond donors (Lipinski definition) is 0. The van der Waals surface area contributed by atoms with Gasteiger partial charge in [0.25, 0.3) is 0 Å². The first-order valence-corrected chi connectivity index (χ1v) is 11.8. The van der Waals surface area contributed by atoms with E-state index in [1.54, 1.807) is 4.90 Å². The van der Waals surface area contributed by atoms with Crippen LogP contribution < -0.4 is 0 Å². The van der Waals surface area contributed by atoms with E-state index < -0.39 is 13.9 Å². The lowest BCUT2D eigenvalue weighted by Gasteiger charge is -2.38. The van der Waals surface area contributed by atoms with E-state index in [0.717, 1.165) is 12.7 Å². The van der Waals surface area contributed by atoms with E-state index in [9.17, 15) is 9.59 Å². The van der Waals surface area contributed by atoms with Crippen molar-refractivity contribution in [2.75, 3.05) is 6.54 Å². The van der Waals surface area contributed by atoms with Gasteiger partial charge in [0, 0.05) is 19.0 Å². The van der Waals surface area contributed by atoms with Crippen LogP contribution in [0.1, 0.15) is 60.8 Å². The molecule has 0 unspecified atom stereocenters. The summed E-state index contributed by atoms with van der Waals surface area (Å²) in [6, 6.07) is 0.0137. The van der Waals surface area contributed by atoms with Crippen LogP contribution in [0, 0.1) is 0 Å². The van der Waals surface area contributed by atoms with Crippen molar-refractivity contribution in [2.24, 2.45) is 0 Å². The fourth-order valence-corrected chi connectivity index (χ4v) is 3.99. The first-order valence-electron chi connectivity index (χ1n) is 8.88. The molecule has 0 aliphatic carbocycles. The van der Waals surface area contributed by atoms with Gasteiger partial charge in [0.1, 0.15) is 11.9 Å². The normalized spacial score (nSPS) is 22.6. The molecule has 140 valence electrons. The number of rotatable bonds is 5. The smallest absolute Gasteiger partial charge is 0.410 e. The van der Waals surface area contributed by atoms with Crippen molar-refractivity contribution < 1.29 is 18.8 Å². The molecule has 0 saturated carbocycles. The monoisotopic (exact) mass is 357 g/mol. The number of hydrogen-bond acceptors (Lipinski definition) is 4. The molecule has 1 aliphatic heterocycles. The van der Waals surface area contributed by atoms with Crippen molar-refractivity contribution in [3.8, 4) is 0 Å². The van der Waals surface area contributed by atoms with Crippen LogP contribution in [0.4, 0.5) is 4.79 Å². The number of nitrogens with zero attached hydrogens (tertiary/aromatic N) is 1. The zero-order valence-corrected chi connectivity index (χ0v) is 17.6. The molecule has 1 amide bonds. The average molecular weight is 358 g/mol. The van der Waals surface area contributed by atoms with Gasteiger partial charge in [-0.1, -0.05) is 20.8 Å². The Balaban J connectivity index is 2.83. The van der Waals surface area contributed by atoms with Gasteiger partial charge >= 0.3 is 6.09 Å². The Bertz CT molecular complexity index is 451. The standard InChI is InChI=1S/C18H35NO4Si/c1-17(2,3)22-16(21)19-13-15(12-14(19)10-9-11-20)23-24(7,8)18(4,5)6/h11,14-15H,9-10,12-13H2,1-8H3/t14-,15+/m0/s1. The molecule has 1 fully saturated rings. The van der Waals surface area contributed by atoms with Crippen LogP contribution in [0.3, 0.4) is 0 Å². The van der Waals surface area contributed by atoms with Gasteiger partial charge in [0.2, 0.25) is 0 Å². The minimum atomic E-state index is -1.89. The van der Waals surface area contributed by atoms with Gasteiger partial charge in [-0.05, 0) is 51.7 Å². The Kier molecular flexibility index (Phi) is 6.67. The molecular formula is C18H35NO4Si. The number of carbonyl (C=O) groups excluding carboxylic acids is 2. The second-order valence-corrected chi connectivity index (χ2v) is 14.0. The molecule has 1 rings (SSSR count). The third-order valence-corrected chi connectivity index (χ3v) is 9.42.